The molecule has 0 amide bonds. The molecule has 1 aliphatic carbocycles. The molecule has 0 spiro atoms. The minimum atomic E-state index is -0.865. The van der Waals surface area contributed by atoms with Gasteiger partial charge in [-0.25, -0.2) is 0 Å². The molecule has 0 saturated heterocycles. The lowest BCUT2D eigenvalue weighted by molar-refractivity contribution is -0.173. The average molecular weight is 536 g/mol. The second kappa shape index (κ2) is 14.7. The summed E-state index contributed by atoms with van der Waals surface area (Å²) in [5, 5.41) is 15.0. The summed E-state index contributed by atoms with van der Waals surface area (Å²) in [6, 6.07) is 40.2. The molecule has 0 unspecified atom stereocenters. The predicted molar refractivity (Wildman–Crippen MR) is 157 cm³/mol. The molecule has 1 aliphatic rings. The van der Waals surface area contributed by atoms with Crippen LogP contribution in [0.25, 0.3) is 0 Å². The van der Waals surface area contributed by atoms with Crippen LogP contribution >= 0.6 is 0 Å². The first kappa shape index (κ1) is 28.0. The highest BCUT2D eigenvalue weighted by atomic mass is 16.6. The molecule has 0 radical (unpaired) electrons. The molecule has 206 valence electrons. The van der Waals surface area contributed by atoms with Crippen molar-refractivity contribution in [1.29, 1.82) is 0 Å². The van der Waals surface area contributed by atoms with E-state index in [4.69, 9.17) is 14.2 Å². The lowest BCUT2D eigenvalue weighted by Crippen LogP contribution is -2.53. The van der Waals surface area contributed by atoms with Crippen LogP contribution in [0.2, 0.25) is 0 Å². The Morgan fingerprint density at radius 3 is 1.35 bits per heavy atom. The molecule has 4 aromatic carbocycles. The highest BCUT2D eigenvalue weighted by Gasteiger charge is 2.41. The maximum Gasteiger partial charge on any atom is 0.116 e. The molecular weight excluding hydrogens is 498 g/mol. The van der Waals surface area contributed by atoms with E-state index in [9.17, 15) is 5.11 Å². The van der Waals surface area contributed by atoms with Gasteiger partial charge in [-0.1, -0.05) is 133 Å². The molecule has 5 heteroatoms. The van der Waals surface area contributed by atoms with Crippen molar-refractivity contribution in [1.82, 2.24) is 5.32 Å². The Morgan fingerprint density at radius 2 is 0.875 bits per heavy atom. The highest BCUT2D eigenvalue weighted by Crippen LogP contribution is 2.26. The van der Waals surface area contributed by atoms with E-state index in [2.05, 4.69) is 29.6 Å². The van der Waals surface area contributed by atoms with Crippen LogP contribution in [0, 0.1) is 0 Å². The van der Waals surface area contributed by atoms with Crippen LogP contribution in [0.3, 0.4) is 0 Å². The van der Waals surface area contributed by atoms with E-state index < -0.39 is 24.4 Å². The van der Waals surface area contributed by atoms with Gasteiger partial charge >= 0.3 is 0 Å². The van der Waals surface area contributed by atoms with Crippen LogP contribution in [0.5, 0.6) is 0 Å². The summed E-state index contributed by atoms with van der Waals surface area (Å²) in [5.74, 6) is 0. The van der Waals surface area contributed by atoms with Gasteiger partial charge in [0.1, 0.15) is 24.4 Å². The van der Waals surface area contributed by atoms with Gasteiger partial charge in [0.2, 0.25) is 0 Å². The Balaban J connectivity index is 1.42. The topological polar surface area (TPSA) is 60.0 Å². The van der Waals surface area contributed by atoms with Crippen molar-refractivity contribution >= 4 is 0 Å². The van der Waals surface area contributed by atoms with Crippen LogP contribution < -0.4 is 5.32 Å². The van der Waals surface area contributed by atoms with Crippen LogP contribution in [-0.4, -0.2) is 35.6 Å². The zero-order valence-electron chi connectivity index (χ0n) is 22.6. The monoisotopic (exact) mass is 535 g/mol. The summed E-state index contributed by atoms with van der Waals surface area (Å²) in [6.45, 7) is 1.79. The van der Waals surface area contributed by atoms with Gasteiger partial charge in [0.05, 0.1) is 25.9 Å². The summed E-state index contributed by atoms with van der Waals surface area (Å²) < 4.78 is 19.7. The molecule has 0 aliphatic heterocycles. The van der Waals surface area contributed by atoms with Crippen LogP contribution in [0.15, 0.2) is 133 Å². The first-order valence-corrected chi connectivity index (χ1v) is 13.9. The lowest BCUT2D eigenvalue weighted by Gasteiger charge is -2.36. The number of nitrogens with one attached hydrogen (secondary N) is 1. The van der Waals surface area contributed by atoms with Crippen LogP contribution in [-0.2, 0) is 40.6 Å². The van der Waals surface area contributed by atoms with Crippen LogP contribution in [0.4, 0.5) is 0 Å². The number of aliphatic hydroxyl groups excluding tert-OH is 1. The van der Waals surface area contributed by atoms with Gasteiger partial charge in [-0.15, -0.1) is 0 Å². The standard InChI is InChI=1S/C35H37NO4/c37-32-22-21-31(36-23-27-13-5-1-6-14-27)33(38-24-28-15-7-2-8-16-28)35(40-26-30-19-11-4-12-20-30)34(32)39-25-29-17-9-3-10-18-29/h1-22,31-37H,23-26H2/t31-,32+,33-,34-,35-/m1/s1. The number of aliphatic hydroxyl groups is 1. The molecule has 5 atom stereocenters. The van der Waals surface area contributed by atoms with Crippen molar-refractivity contribution in [2.24, 2.45) is 0 Å². The molecule has 0 fully saturated rings. The number of benzene rings is 4. The Bertz CT molecular complexity index is 1280. The maximum absolute atomic E-state index is 11.3. The number of hydrogen-bond donors (Lipinski definition) is 2. The SMILES string of the molecule is O[C@H]1C=C[C@@H](NCc2ccccc2)[C@@H](OCc2ccccc2)[C@@H](OCc2ccccc2)[C@@H]1OCc1ccccc1. The predicted octanol–water partition coefficient (Wildman–Crippen LogP) is 5.83. The van der Waals surface area contributed by atoms with Crippen molar-refractivity contribution in [3.63, 3.8) is 0 Å². The second-order valence-corrected chi connectivity index (χ2v) is 10.1. The van der Waals surface area contributed by atoms with Gasteiger partial charge in [0.25, 0.3) is 0 Å². The first-order valence-electron chi connectivity index (χ1n) is 13.9. The molecular formula is C35H37NO4. The van der Waals surface area contributed by atoms with Crippen molar-refractivity contribution in [2.75, 3.05) is 0 Å². The molecule has 40 heavy (non-hydrogen) atoms. The highest BCUT2D eigenvalue weighted by molar-refractivity contribution is 5.19. The van der Waals surface area contributed by atoms with E-state index in [0.717, 1.165) is 16.7 Å². The Labute approximate surface area is 237 Å². The summed E-state index contributed by atoms with van der Waals surface area (Å²) in [6.07, 6.45) is 1.32. The van der Waals surface area contributed by atoms with Crippen LogP contribution in [0.1, 0.15) is 22.3 Å². The summed E-state index contributed by atoms with van der Waals surface area (Å²) >= 11 is 0. The fourth-order valence-electron chi connectivity index (χ4n) is 4.94. The number of hydrogen-bond acceptors (Lipinski definition) is 5. The second-order valence-electron chi connectivity index (χ2n) is 10.1. The van der Waals surface area contributed by atoms with Gasteiger partial charge in [-0.2, -0.15) is 0 Å². The normalized spacial score (nSPS) is 22.6. The lowest BCUT2D eigenvalue weighted by atomic mass is 10.00. The Kier molecular flexibility index (Phi) is 10.3. The fourth-order valence-corrected chi connectivity index (χ4v) is 4.94. The molecule has 0 heterocycles. The minimum Gasteiger partial charge on any atom is -0.386 e. The molecule has 5 rings (SSSR count). The molecule has 2 N–H and O–H groups in total. The molecule has 0 aromatic heterocycles. The quantitative estimate of drug-likeness (QED) is 0.224. The Hall–Kier alpha value is -3.58. The Morgan fingerprint density at radius 1 is 0.475 bits per heavy atom. The smallest absolute Gasteiger partial charge is 0.116 e. The first-order chi connectivity index (χ1) is 19.8. The minimum absolute atomic E-state index is 0.218. The van der Waals surface area contributed by atoms with E-state index in [1.807, 2.05) is 109 Å². The van der Waals surface area contributed by atoms with E-state index >= 15 is 0 Å². The van der Waals surface area contributed by atoms with Crippen molar-refractivity contribution < 1.29 is 19.3 Å². The van der Waals surface area contributed by atoms with Gasteiger partial charge < -0.3 is 24.6 Å². The zero-order chi connectivity index (χ0) is 27.4. The van der Waals surface area contributed by atoms with E-state index in [0.29, 0.717) is 26.4 Å². The third-order valence-corrected chi connectivity index (χ3v) is 7.09. The van der Waals surface area contributed by atoms with Crippen molar-refractivity contribution in [2.45, 2.75) is 56.8 Å². The van der Waals surface area contributed by atoms with E-state index in [1.54, 1.807) is 0 Å². The largest absolute Gasteiger partial charge is 0.386 e. The summed E-state index contributed by atoms with van der Waals surface area (Å²) in [7, 11) is 0. The van der Waals surface area contributed by atoms with E-state index in [1.165, 1.54) is 5.56 Å². The third-order valence-electron chi connectivity index (χ3n) is 7.09. The summed E-state index contributed by atoms with van der Waals surface area (Å²) in [5.41, 5.74) is 4.32. The van der Waals surface area contributed by atoms with Gasteiger partial charge in [0.15, 0.2) is 0 Å². The molecule has 0 saturated carbocycles. The third kappa shape index (κ3) is 7.98. The van der Waals surface area contributed by atoms with E-state index in [-0.39, 0.29) is 6.04 Å². The van der Waals surface area contributed by atoms with Gasteiger partial charge in [-0.05, 0) is 22.3 Å². The molecule has 0 bridgehead atoms. The fraction of sp³-hybridized carbons (Fsp3) is 0.257. The van der Waals surface area contributed by atoms with Crippen molar-refractivity contribution in [3.8, 4) is 0 Å². The van der Waals surface area contributed by atoms with Crippen molar-refractivity contribution in [3.05, 3.63) is 156 Å². The van der Waals surface area contributed by atoms with Gasteiger partial charge in [0, 0.05) is 6.54 Å². The number of rotatable bonds is 12. The molecule has 4 aromatic rings. The number of ether oxygens (including phenoxy) is 3. The van der Waals surface area contributed by atoms with Gasteiger partial charge in [-0.3, -0.25) is 0 Å². The zero-order valence-corrected chi connectivity index (χ0v) is 22.6. The average Bonchev–Trinajstić information content (AvgIpc) is 3.14. The molecule has 5 nitrogen and oxygen atoms in total. The summed E-state index contributed by atoms with van der Waals surface area (Å²) in [4.78, 5) is 0. The maximum atomic E-state index is 11.3.